The summed E-state index contributed by atoms with van der Waals surface area (Å²) in [5, 5.41) is 13.5. The van der Waals surface area contributed by atoms with Crippen LogP contribution in [0.15, 0.2) is 82.2 Å². The van der Waals surface area contributed by atoms with E-state index in [9.17, 15) is 4.79 Å². The van der Waals surface area contributed by atoms with Gasteiger partial charge in [0.25, 0.3) is 5.56 Å². The van der Waals surface area contributed by atoms with Gasteiger partial charge in [-0.25, -0.2) is 4.68 Å². The van der Waals surface area contributed by atoms with Crippen LogP contribution in [0.2, 0.25) is 0 Å². The fraction of sp³-hybridized carbons (Fsp3) is 0.259. The molecule has 2 aromatic carbocycles. The molecule has 9 nitrogen and oxygen atoms in total. The number of nitrogens with zero attached hydrogens (tertiary/aromatic N) is 5. The molecule has 0 saturated carbocycles. The topological polar surface area (TPSA) is 102 Å². The van der Waals surface area contributed by atoms with Crippen molar-refractivity contribution in [3.05, 3.63) is 106 Å². The lowest BCUT2D eigenvalue weighted by atomic mass is 10.1. The van der Waals surface area contributed by atoms with Crippen LogP contribution in [-0.4, -0.2) is 37.2 Å². The second kappa shape index (κ2) is 10.6. The number of H-pyrrole nitrogens is 1. The minimum absolute atomic E-state index is 0.115. The number of aromatic amines is 1. The maximum Gasteiger partial charge on any atom is 0.252 e. The third kappa shape index (κ3) is 5.06. The zero-order valence-electron chi connectivity index (χ0n) is 20.3. The SMILES string of the molecule is CC[C@@H](c1nnnn1Cc1ccco1)N(Cc1ccccc1)Cc1cc2cc(OC)ccc2[nH]c1=O. The summed E-state index contributed by atoms with van der Waals surface area (Å²) in [6.45, 7) is 3.58. The van der Waals surface area contributed by atoms with Gasteiger partial charge in [-0.2, -0.15) is 0 Å². The van der Waals surface area contributed by atoms with Crippen molar-refractivity contribution in [2.45, 2.75) is 39.0 Å². The van der Waals surface area contributed by atoms with Crippen LogP contribution < -0.4 is 10.3 Å². The molecule has 0 aliphatic carbocycles. The molecule has 3 heterocycles. The van der Waals surface area contributed by atoms with Crippen LogP contribution in [0, 0.1) is 0 Å². The van der Waals surface area contributed by atoms with Crippen LogP contribution in [0.4, 0.5) is 0 Å². The lowest BCUT2D eigenvalue weighted by Crippen LogP contribution is -2.32. The fourth-order valence-electron chi connectivity index (χ4n) is 4.50. The Bertz CT molecular complexity index is 1480. The molecule has 1 N–H and O–H groups in total. The van der Waals surface area contributed by atoms with E-state index >= 15 is 0 Å². The number of rotatable bonds is 10. The molecule has 0 bridgehead atoms. The van der Waals surface area contributed by atoms with Gasteiger partial charge in [0, 0.05) is 29.6 Å². The Balaban J connectivity index is 1.52. The monoisotopic (exact) mass is 484 g/mol. The highest BCUT2D eigenvalue weighted by atomic mass is 16.5. The molecule has 0 fully saturated rings. The van der Waals surface area contributed by atoms with E-state index in [4.69, 9.17) is 9.15 Å². The van der Waals surface area contributed by atoms with E-state index in [1.165, 1.54) is 0 Å². The Morgan fingerprint density at radius 1 is 1.08 bits per heavy atom. The smallest absolute Gasteiger partial charge is 0.252 e. The predicted octanol–water partition coefficient (Wildman–Crippen LogP) is 4.32. The fourth-order valence-corrected chi connectivity index (χ4v) is 4.50. The minimum atomic E-state index is -0.129. The first kappa shape index (κ1) is 23.5. The molecule has 9 heteroatoms. The van der Waals surface area contributed by atoms with Crippen molar-refractivity contribution in [3.8, 4) is 5.75 Å². The van der Waals surface area contributed by atoms with Crippen molar-refractivity contribution in [2.75, 3.05) is 7.11 Å². The number of hydrogen-bond acceptors (Lipinski definition) is 7. The van der Waals surface area contributed by atoms with Gasteiger partial charge in [-0.1, -0.05) is 37.3 Å². The van der Waals surface area contributed by atoms with Crippen molar-refractivity contribution < 1.29 is 9.15 Å². The number of fused-ring (bicyclic) bond motifs is 1. The Kier molecular flexibility index (Phi) is 6.90. The van der Waals surface area contributed by atoms with Crippen LogP contribution in [-0.2, 0) is 19.6 Å². The number of nitrogens with one attached hydrogen (secondary N) is 1. The van der Waals surface area contributed by atoms with Gasteiger partial charge >= 0.3 is 0 Å². The van der Waals surface area contributed by atoms with Crippen molar-refractivity contribution in [2.24, 2.45) is 0 Å². The molecule has 5 aromatic rings. The number of ether oxygens (including phenoxy) is 1. The number of benzene rings is 2. The number of tetrazole rings is 1. The first-order chi connectivity index (χ1) is 17.6. The van der Waals surface area contributed by atoms with Crippen molar-refractivity contribution in [1.29, 1.82) is 0 Å². The summed E-state index contributed by atoms with van der Waals surface area (Å²) in [5.74, 6) is 2.24. The molecule has 3 aromatic heterocycles. The highest BCUT2D eigenvalue weighted by Crippen LogP contribution is 2.27. The highest BCUT2D eigenvalue weighted by molar-refractivity contribution is 5.80. The van der Waals surface area contributed by atoms with Crippen molar-refractivity contribution in [3.63, 3.8) is 0 Å². The standard InChI is InChI=1S/C27H28N6O3/c1-3-25(26-29-30-31-33(26)18-23-10-7-13-36-23)32(16-19-8-5-4-6-9-19)17-21-14-20-15-22(35-2)11-12-24(20)28-27(21)34/h4-15,25H,3,16-18H2,1-2H3,(H,28,34)/t25-/m0/s1. The lowest BCUT2D eigenvalue weighted by molar-refractivity contribution is 0.161. The Morgan fingerprint density at radius 3 is 2.69 bits per heavy atom. The van der Waals surface area contributed by atoms with Gasteiger partial charge in [0.15, 0.2) is 5.82 Å². The summed E-state index contributed by atoms with van der Waals surface area (Å²) in [7, 11) is 1.63. The van der Waals surface area contributed by atoms with E-state index < -0.39 is 0 Å². The lowest BCUT2D eigenvalue weighted by Gasteiger charge is -2.30. The average Bonchev–Trinajstić information content (AvgIpc) is 3.58. The van der Waals surface area contributed by atoms with E-state index in [0.29, 0.717) is 25.2 Å². The molecule has 1 atom stereocenters. The summed E-state index contributed by atoms with van der Waals surface area (Å²) < 4.78 is 12.7. The molecule has 0 unspecified atom stereocenters. The third-order valence-corrected chi connectivity index (χ3v) is 6.30. The largest absolute Gasteiger partial charge is 0.497 e. The average molecular weight is 485 g/mol. The first-order valence-corrected chi connectivity index (χ1v) is 11.9. The van der Waals surface area contributed by atoms with Crippen LogP contribution in [0.3, 0.4) is 0 Å². The number of pyridine rings is 1. The number of aromatic nitrogens is 5. The number of furan rings is 1. The van der Waals surface area contributed by atoms with Gasteiger partial charge in [0.2, 0.25) is 0 Å². The van der Waals surface area contributed by atoms with E-state index in [1.54, 1.807) is 18.1 Å². The van der Waals surface area contributed by atoms with Crippen LogP contribution in [0.25, 0.3) is 10.9 Å². The molecular formula is C27H28N6O3. The Morgan fingerprint density at radius 2 is 1.94 bits per heavy atom. The van der Waals surface area contributed by atoms with Crippen molar-refractivity contribution in [1.82, 2.24) is 30.1 Å². The zero-order chi connectivity index (χ0) is 24.9. The van der Waals surface area contributed by atoms with Gasteiger partial charge in [0.1, 0.15) is 18.1 Å². The van der Waals surface area contributed by atoms with Crippen LogP contribution in [0.5, 0.6) is 5.75 Å². The van der Waals surface area contributed by atoms with Gasteiger partial charge in [0.05, 0.1) is 19.4 Å². The normalized spacial score (nSPS) is 12.3. The molecule has 0 saturated heterocycles. The minimum Gasteiger partial charge on any atom is -0.497 e. The van der Waals surface area contributed by atoms with E-state index in [1.807, 2.05) is 54.6 Å². The Hall–Kier alpha value is -4.24. The molecule has 0 amide bonds. The summed E-state index contributed by atoms with van der Waals surface area (Å²) >= 11 is 0. The number of methoxy groups -OCH3 is 1. The van der Waals surface area contributed by atoms with Crippen LogP contribution in [0.1, 0.15) is 42.1 Å². The maximum atomic E-state index is 13.1. The highest BCUT2D eigenvalue weighted by Gasteiger charge is 2.26. The summed E-state index contributed by atoms with van der Waals surface area (Å²) in [4.78, 5) is 18.3. The maximum absolute atomic E-state index is 13.1. The van der Waals surface area contributed by atoms with Crippen LogP contribution >= 0.6 is 0 Å². The van der Waals surface area contributed by atoms with E-state index in [-0.39, 0.29) is 11.6 Å². The van der Waals surface area contributed by atoms with Gasteiger partial charge in [-0.05, 0) is 58.8 Å². The third-order valence-electron chi connectivity index (χ3n) is 6.30. The van der Waals surface area contributed by atoms with Gasteiger partial charge < -0.3 is 14.1 Å². The van der Waals surface area contributed by atoms with E-state index in [0.717, 1.165) is 40.2 Å². The Labute approximate surface area is 208 Å². The molecule has 36 heavy (non-hydrogen) atoms. The zero-order valence-corrected chi connectivity index (χ0v) is 20.3. The quantitative estimate of drug-likeness (QED) is 0.315. The van der Waals surface area contributed by atoms with Gasteiger partial charge in [-0.15, -0.1) is 5.10 Å². The summed E-state index contributed by atoms with van der Waals surface area (Å²) in [6, 6.07) is 21.4. The summed E-state index contributed by atoms with van der Waals surface area (Å²) in [6.07, 6.45) is 2.39. The molecule has 5 rings (SSSR count). The predicted molar refractivity (Wildman–Crippen MR) is 135 cm³/mol. The molecular weight excluding hydrogens is 456 g/mol. The molecule has 0 aliphatic rings. The van der Waals surface area contributed by atoms with E-state index in [2.05, 4.69) is 44.5 Å². The first-order valence-electron chi connectivity index (χ1n) is 11.9. The molecule has 0 radical (unpaired) electrons. The second-order valence-corrected chi connectivity index (χ2v) is 8.67. The summed E-state index contributed by atoms with van der Waals surface area (Å²) in [5.41, 5.74) is 2.46. The van der Waals surface area contributed by atoms with Gasteiger partial charge in [-0.3, -0.25) is 9.69 Å². The molecule has 0 aliphatic heterocycles. The molecule has 0 spiro atoms. The number of hydrogen-bond donors (Lipinski definition) is 1. The molecule has 184 valence electrons. The van der Waals surface area contributed by atoms with Crippen molar-refractivity contribution >= 4 is 10.9 Å². The second-order valence-electron chi connectivity index (χ2n) is 8.67.